The number of nitrogens with two attached hydrogens (primary N) is 2. The fourth-order valence-corrected chi connectivity index (χ4v) is 1.49. The fourth-order valence-electron chi connectivity index (χ4n) is 1.19. The minimum absolute atomic E-state index is 0.00555. The molecule has 0 bridgehead atoms. The first kappa shape index (κ1) is 11.4. The molecule has 0 amide bonds. The van der Waals surface area contributed by atoms with Crippen LogP contribution in [0.2, 0.25) is 5.15 Å². The van der Waals surface area contributed by atoms with Gasteiger partial charge in [-0.2, -0.15) is 4.98 Å². The van der Waals surface area contributed by atoms with Crippen molar-refractivity contribution in [3.8, 4) is 11.6 Å². The highest BCUT2D eigenvalue weighted by Gasteiger charge is 2.17. The van der Waals surface area contributed by atoms with Crippen LogP contribution in [0, 0.1) is 0 Å². The minimum Gasteiger partial charge on any atom is -0.382 e. The summed E-state index contributed by atoms with van der Waals surface area (Å²) < 4.78 is 4.85. The standard InChI is InChI=1S/C8H10ClN7O/c1-16(2)6-4(9)12-3(5(10)13-6)7-14-8(11)15-17-7/h1-2H3,(H2,10,13)(H2,11,15). The Kier molecular flexibility index (Phi) is 2.72. The molecule has 17 heavy (non-hydrogen) atoms. The Morgan fingerprint density at radius 2 is 1.88 bits per heavy atom. The van der Waals surface area contributed by atoms with Gasteiger partial charge in [0.25, 0.3) is 11.8 Å². The predicted molar refractivity (Wildman–Crippen MR) is 63.5 cm³/mol. The van der Waals surface area contributed by atoms with E-state index in [-0.39, 0.29) is 28.5 Å². The normalized spacial score (nSPS) is 10.5. The van der Waals surface area contributed by atoms with Crippen LogP contribution in [0.25, 0.3) is 11.6 Å². The van der Waals surface area contributed by atoms with E-state index in [4.69, 9.17) is 27.6 Å². The maximum atomic E-state index is 5.96. The number of nitrogens with zero attached hydrogens (tertiary/aromatic N) is 5. The summed E-state index contributed by atoms with van der Waals surface area (Å²) in [5, 5.41) is 3.63. The van der Waals surface area contributed by atoms with Crippen molar-refractivity contribution in [1.82, 2.24) is 20.1 Å². The molecular weight excluding hydrogens is 246 g/mol. The summed E-state index contributed by atoms with van der Waals surface area (Å²) in [5.41, 5.74) is 11.3. The van der Waals surface area contributed by atoms with Crippen molar-refractivity contribution < 1.29 is 4.52 Å². The summed E-state index contributed by atoms with van der Waals surface area (Å²) in [5.74, 6) is 0.677. The van der Waals surface area contributed by atoms with E-state index in [1.807, 2.05) is 0 Å². The molecule has 0 atom stereocenters. The molecule has 0 saturated heterocycles. The number of aromatic nitrogens is 4. The minimum atomic E-state index is -0.00555. The highest BCUT2D eigenvalue weighted by Crippen LogP contribution is 2.28. The average Bonchev–Trinajstić information content (AvgIpc) is 2.67. The van der Waals surface area contributed by atoms with E-state index >= 15 is 0 Å². The van der Waals surface area contributed by atoms with Crippen LogP contribution in [0.5, 0.6) is 0 Å². The van der Waals surface area contributed by atoms with E-state index in [0.717, 1.165) is 0 Å². The molecule has 0 aromatic carbocycles. The highest BCUT2D eigenvalue weighted by molar-refractivity contribution is 6.31. The number of hydrogen-bond donors (Lipinski definition) is 2. The van der Waals surface area contributed by atoms with Gasteiger partial charge in [0.15, 0.2) is 22.5 Å². The molecule has 8 nitrogen and oxygen atoms in total. The SMILES string of the molecule is CN(C)c1nc(N)c(-c2nc(N)no2)nc1Cl. The first-order chi connectivity index (χ1) is 7.99. The summed E-state index contributed by atoms with van der Waals surface area (Å²) in [7, 11) is 3.55. The van der Waals surface area contributed by atoms with Crippen LogP contribution in [0.3, 0.4) is 0 Å². The van der Waals surface area contributed by atoms with Gasteiger partial charge >= 0.3 is 0 Å². The number of rotatable bonds is 2. The van der Waals surface area contributed by atoms with Crippen LogP contribution in [-0.4, -0.2) is 34.2 Å². The number of nitrogen functional groups attached to an aromatic ring is 2. The van der Waals surface area contributed by atoms with Gasteiger partial charge in [-0.05, 0) is 5.16 Å². The van der Waals surface area contributed by atoms with E-state index in [1.54, 1.807) is 19.0 Å². The quantitative estimate of drug-likeness (QED) is 0.792. The zero-order valence-electron chi connectivity index (χ0n) is 9.18. The Balaban J connectivity index is 2.54. The first-order valence-corrected chi connectivity index (χ1v) is 4.96. The number of hydrogen-bond acceptors (Lipinski definition) is 8. The zero-order chi connectivity index (χ0) is 12.6. The fraction of sp³-hybridized carbons (Fsp3) is 0.250. The molecule has 2 rings (SSSR count). The third kappa shape index (κ3) is 2.07. The summed E-state index contributed by atoms with van der Waals surface area (Å²) in [6, 6.07) is 0. The summed E-state index contributed by atoms with van der Waals surface area (Å²) in [6.45, 7) is 0. The van der Waals surface area contributed by atoms with E-state index in [2.05, 4.69) is 20.1 Å². The molecule has 0 unspecified atom stereocenters. The third-order valence-electron chi connectivity index (χ3n) is 1.93. The van der Waals surface area contributed by atoms with Crippen molar-refractivity contribution in [3.05, 3.63) is 5.15 Å². The maximum Gasteiger partial charge on any atom is 0.282 e. The van der Waals surface area contributed by atoms with Crippen molar-refractivity contribution in [2.24, 2.45) is 0 Å². The second kappa shape index (κ2) is 4.06. The van der Waals surface area contributed by atoms with Crippen LogP contribution in [0.4, 0.5) is 17.6 Å². The first-order valence-electron chi connectivity index (χ1n) is 4.59. The summed E-state index contributed by atoms with van der Waals surface area (Å²) in [6.07, 6.45) is 0. The molecule has 4 N–H and O–H groups in total. The lowest BCUT2D eigenvalue weighted by molar-refractivity contribution is 0.432. The van der Waals surface area contributed by atoms with Gasteiger partial charge < -0.3 is 20.9 Å². The topological polar surface area (TPSA) is 120 Å². The number of halogens is 1. The average molecular weight is 256 g/mol. The van der Waals surface area contributed by atoms with Gasteiger partial charge in [0.05, 0.1) is 0 Å². The Morgan fingerprint density at radius 1 is 1.18 bits per heavy atom. The maximum absolute atomic E-state index is 5.96. The molecule has 2 aromatic rings. The molecule has 0 radical (unpaired) electrons. The monoisotopic (exact) mass is 255 g/mol. The molecule has 2 heterocycles. The van der Waals surface area contributed by atoms with Gasteiger partial charge in [-0.25, -0.2) is 9.97 Å². The van der Waals surface area contributed by atoms with Gasteiger partial charge in [-0.1, -0.05) is 11.6 Å². The lowest BCUT2D eigenvalue weighted by Gasteiger charge is -2.13. The van der Waals surface area contributed by atoms with E-state index in [9.17, 15) is 0 Å². The molecule has 0 aliphatic carbocycles. The molecule has 9 heteroatoms. The van der Waals surface area contributed by atoms with E-state index in [1.165, 1.54) is 0 Å². The Hall–Kier alpha value is -2.09. The van der Waals surface area contributed by atoms with Crippen LogP contribution in [0.15, 0.2) is 4.52 Å². The molecule has 0 aliphatic heterocycles. The van der Waals surface area contributed by atoms with Crippen molar-refractivity contribution in [2.45, 2.75) is 0 Å². The molecule has 0 fully saturated rings. The van der Waals surface area contributed by atoms with Gasteiger partial charge in [0, 0.05) is 14.1 Å². The lowest BCUT2D eigenvalue weighted by atomic mass is 10.4. The molecular formula is C8H10ClN7O. The van der Waals surface area contributed by atoms with Crippen LogP contribution in [-0.2, 0) is 0 Å². The van der Waals surface area contributed by atoms with Crippen LogP contribution in [0.1, 0.15) is 0 Å². The second-order valence-electron chi connectivity index (χ2n) is 3.42. The predicted octanol–water partition coefficient (Wildman–Crippen LogP) is 0.410. The van der Waals surface area contributed by atoms with Crippen LogP contribution < -0.4 is 16.4 Å². The summed E-state index contributed by atoms with van der Waals surface area (Å²) in [4.78, 5) is 13.7. The zero-order valence-corrected chi connectivity index (χ0v) is 9.93. The van der Waals surface area contributed by atoms with Crippen molar-refractivity contribution in [2.75, 3.05) is 30.5 Å². The Labute approximate surface area is 102 Å². The Bertz CT molecular complexity index is 553. The second-order valence-corrected chi connectivity index (χ2v) is 3.78. The summed E-state index contributed by atoms with van der Waals surface area (Å²) >= 11 is 5.96. The van der Waals surface area contributed by atoms with E-state index in [0.29, 0.717) is 5.82 Å². The van der Waals surface area contributed by atoms with Gasteiger partial charge in [0.2, 0.25) is 0 Å². The molecule has 0 saturated carbocycles. The smallest absolute Gasteiger partial charge is 0.282 e. The van der Waals surface area contributed by atoms with Crippen molar-refractivity contribution >= 4 is 29.2 Å². The molecule has 90 valence electrons. The van der Waals surface area contributed by atoms with Gasteiger partial charge in [-0.15, -0.1) is 0 Å². The van der Waals surface area contributed by atoms with Crippen LogP contribution >= 0.6 is 11.6 Å². The van der Waals surface area contributed by atoms with E-state index < -0.39 is 0 Å². The molecule has 0 aliphatic rings. The van der Waals surface area contributed by atoms with Gasteiger partial charge in [0.1, 0.15) is 0 Å². The van der Waals surface area contributed by atoms with Crippen molar-refractivity contribution in [1.29, 1.82) is 0 Å². The lowest BCUT2D eigenvalue weighted by Crippen LogP contribution is -2.13. The molecule has 0 spiro atoms. The largest absolute Gasteiger partial charge is 0.382 e. The number of anilines is 3. The van der Waals surface area contributed by atoms with Gasteiger partial charge in [-0.3, -0.25) is 0 Å². The third-order valence-corrected chi connectivity index (χ3v) is 2.18. The Morgan fingerprint density at radius 3 is 2.41 bits per heavy atom. The highest BCUT2D eigenvalue weighted by atomic mass is 35.5. The molecule has 2 aromatic heterocycles. The van der Waals surface area contributed by atoms with Crippen molar-refractivity contribution in [3.63, 3.8) is 0 Å².